The standard InChI is InChI=1S/C15H15N3O2/c16-8-10-1-3-11(4-2-10)15(20)17-12-7-14(19)18(9-12)13-5-6-13/h1-4,12-13H,5-7,9H2,(H,17,20). The summed E-state index contributed by atoms with van der Waals surface area (Å²) in [6.45, 7) is 0.617. The Morgan fingerprint density at radius 1 is 1.30 bits per heavy atom. The number of nitrogens with zero attached hydrogens (tertiary/aromatic N) is 2. The zero-order chi connectivity index (χ0) is 14.1. The SMILES string of the molecule is N#Cc1ccc(C(=O)NC2CC(=O)N(C3CC3)C2)cc1. The summed E-state index contributed by atoms with van der Waals surface area (Å²) in [6.07, 6.45) is 2.56. The lowest BCUT2D eigenvalue weighted by atomic mass is 10.1. The van der Waals surface area contributed by atoms with Crippen molar-refractivity contribution in [2.45, 2.75) is 31.3 Å². The summed E-state index contributed by atoms with van der Waals surface area (Å²) >= 11 is 0. The van der Waals surface area contributed by atoms with Crippen molar-refractivity contribution in [3.63, 3.8) is 0 Å². The van der Waals surface area contributed by atoms with E-state index in [0.717, 1.165) is 12.8 Å². The molecule has 1 aliphatic carbocycles. The highest BCUT2D eigenvalue weighted by atomic mass is 16.2. The Bertz CT molecular complexity index is 584. The van der Waals surface area contributed by atoms with E-state index in [1.807, 2.05) is 11.0 Å². The highest BCUT2D eigenvalue weighted by Crippen LogP contribution is 2.30. The Morgan fingerprint density at radius 2 is 2.00 bits per heavy atom. The van der Waals surface area contributed by atoms with Gasteiger partial charge >= 0.3 is 0 Å². The maximum absolute atomic E-state index is 12.1. The van der Waals surface area contributed by atoms with Crippen LogP contribution in [0.25, 0.3) is 0 Å². The Kier molecular flexibility index (Phi) is 3.15. The van der Waals surface area contributed by atoms with Crippen LogP contribution in [-0.4, -0.2) is 35.3 Å². The minimum atomic E-state index is -0.190. The van der Waals surface area contributed by atoms with Crippen molar-refractivity contribution in [3.05, 3.63) is 35.4 Å². The van der Waals surface area contributed by atoms with E-state index in [1.165, 1.54) is 0 Å². The number of hydrogen-bond donors (Lipinski definition) is 1. The number of benzene rings is 1. The average Bonchev–Trinajstić information content (AvgIpc) is 3.23. The zero-order valence-electron chi connectivity index (χ0n) is 11.0. The van der Waals surface area contributed by atoms with E-state index < -0.39 is 0 Å². The highest BCUT2D eigenvalue weighted by molar-refractivity contribution is 5.95. The van der Waals surface area contributed by atoms with Crippen LogP contribution in [0.15, 0.2) is 24.3 Å². The summed E-state index contributed by atoms with van der Waals surface area (Å²) in [5.41, 5.74) is 1.04. The van der Waals surface area contributed by atoms with E-state index in [4.69, 9.17) is 5.26 Å². The number of carbonyl (C=O) groups is 2. The van der Waals surface area contributed by atoms with Gasteiger partial charge in [0.2, 0.25) is 5.91 Å². The normalized spacial score (nSPS) is 21.6. The second kappa shape index (κ2) is 4.97. The molecule has 1 aromatic rings. The van der Waals surface area contributed by atoms with Gasteiger partial charge in [0.1, 0.15) is 0 Å². The van der Waals surface area contributed by atoms with E-state index in [1.54, 1.807) is 24.3 Å². The minimum Gasteiger partial charge on any atom is -0.347 e. The molecule has 0 radical (unpaired) electrons. The summed E-state index contributed by atoms with van der Waals surface area (Å²) in [5.74, 6) is -0.0532. The van der Waals surface area contributed by atoms with Gasteiger partial charge in [0.15, 0.2) is 0 Å². The lowest BCUT2D eigenvalue weighted by Crippen LogP contribution is -2.37. The number of hydrogen-bond acceptors (Lipinski definition) is 3. The van der Waals surface area contributed by atoms with Gasteiger partial charge in [0.25, 0.3) is 5.91 Å². The molecule has 5 heteroatoms. The predicted molar refractivity (Wildman–Crippen MR) is 71.8 cm³/mol. The second-order valence-corrected chi connectivity index (χ2v) is 5.34. The van der Waals surface area contributed by atoms with E-state index in [9.17, 15) is 9.59 Å². The first-order valence-corrected chi connectivity index (χ1v) is 6.78. The smallest absolute Gasteiger partial charge is 0.251 e. The van der Waals surface area contributed by atoms with E-state index in [2.05, 4.69) is 5.32 Å². The maximum Gasteiger partial charge on any atom is 0.251 e. The van der Waals surface area contributed by atoms with Crippen molar-refractivity contribution in [2.24, 2.45) is 0 Å². The van der Waals surface area contributed by atoms with Gasteiger partial charge in [-0.3, -0.25) is 9.59 Å². The van der Waals surface area contributed by atoms with Crippen LogP contribution < -0.4 is 5.32 Å². The first-order valence-electron chi connectivity index (χ1n) is 6.78. The lowest BCUT2D eigenvalue weighted by Gasteiger charge is -2.16. The Hall–Kier alpha value is -2.35. The molecule has 1 heterocycles. The van der Waals surface area contributed by atoms with Crippen molar-refractivity contribution < 1.29 is 9.59 Å². The zero-order valence-corrected chi connectivity index (χ0v) is 11.0. The Morgan fingerprint density at radius 3 is 2.60 bits per heavy atom. The number of rotatable bonds is 3. The number of nitriles is 1. The molecule has 1 aliphatic heterocycles. The lowest BCUT2D eigenvalue weighted by molar-refractivity contribution is -0.128. The fraction of sp³-hybridized carbons (Fsp3) is 0.400. The van der Waals surface area contributed by atoms with Crippen molar-refractivity contribution in [2.75, 3.05) is 6.54 Å². The molecule has 1 unspecified atom stereocenters. The molecule has 0 spiro atoms. The monoisotopic (exact) mass is 269 g/mol. The predicted octanol–water partition coefficient (Wildman–Crippen LogP) is 1.05. The third-order valence-electron chi connectivity index (χ3n) is 3.76. The van der Waals surface area contributed by atoms with Gasteiger partial charge in [-0.2, -0.15) is 5.26 Å². The van der Waals surface area contributed by atoms with Gasteiger partial charge in [-0.05, 0) is 37.1 Å². The van der Waals surface area contributed by atoms with Gasteiger partial charge in [-0.15, -0.1) is 0 Å². The third kappa shape index (κ3) is 2.50. The van der Waals surface area contributed by atoms with Crippen molar-refractivity contribution >= 4 is 11.8 Å². The fourth-order valence-corrected chi connectivity index (χ4v) is 2.53. The quantitative estimate of drug-likeness (QED) is 0.891. The van der Waals surface area contributed by atoms with E-state index in [0.29, 0.717) is 30.1 Å². The molecular formula is C15H15N3O2. The summed E-state index contributed by atoms with van der Waals surface area (Å²) in [4.78, 5) is 25.8. The molecule has 0 aromatic heterocycles. The van der Waals surface area contributed by atoms with Crippen molar-refractivity contribution in [1.29, 1.82) is 5.26 Å². The molecule has 3 rings (SSSR count). The van der Waals surface area contributed by atoms with Crippen molar-refractivity contribution in [3.8, 4) is 6.07 Å². The van der Waals surface area contributed by atoms with Gasteiger partial charge in [0.05, 0.1) is 17.7 Å². The van der Waals surface area contributed by atoms with Crippen LogP contribution in [0, 0.1) is 11.3 Å². The molecule has 20 heavy (non-hydrogen) atoms. The highest BCUT2D eigenvalue weighted by Gasteiger charge is 2.39. The van der Waals surface area contributed by atoms with Crippen LogP contribution in [0.4, 0.5) is 0 Å². The van der Waals surface area contributed by atoms with Gasteiger partial charge in [-0.1, -0.05) is 0 Å². The summed E-state index contributed by atoms with van der Waals surface area (Å²) in [7, 11) is 0. The first kappa shape index (κ1) is 12.7. The van der Waals surface area contributed by atoms with Crippen LogP contribution in [0.2, 0.25) is 0 Å². The number of carbonyl (C=O) groups excluding carboxylic acids is 2. The van der Waals surface area contributed by atoms with Crippen LogP contribution in [0.5, 0.6) is 0 Å². The average molecular weight is 269 g/mol. The van der Waals surface area contributed by atoms with Crippen LogP contribution >= 0.6 is 0 Å². The molecule has 2 amide bonds. The van der Waals surface area contributed by atoms with Crippen LogP contribution in [0.3, 0.4) is 0 Å². The number of amides is 2. The number of nitrogens with one attached hydrogen (secondary N) is 1. The largest absolute Gasteiger partial charge is 0.347 e. The topological polar surface area (TPSA) is 73.2 Å². The molecule has 1 N–H and O–H groups in total. The van der Waals surface area contributed by atoms with Gasteiger partial charge in [0, 0.05) is 24.6 Å². The molecular weight excluding hydrogens is 254 g/mol. The van der Waals surface area contributed by atoms with E-state index >= 15 is 0 Å². The Balaban J connectivity index is 1.61. The molecule has 1 saturated heterocycles. The molecule has 102 valence electrons. The van der Waals surface area contributed by atoms with Gasteiger partial charge in [-0.25, -0.2) is 0 Å². The fourth-order valence-electron chi connectivity index (χ4n) is 2.53. The number of likely N-dealkylation sites (tertiary alicyclic amines) is 1. The maximum atomic E-state index is 12.1. The summed E-state index contributed by atoms with van der Waals surface area (Å²) < 4.78 is 0. The molecule has 2 aliphatic rings. The molecule has 5 nitrogen and oxygen atoms in total. The second-order valence-electron chi connectivity index (χ2n) is 5.34. The van der Waals surface area contributed by atoms with Crippen molar-refractivity contribution in [1.82, 2.24) is 10.2 Å². The summed E-state index contributed by atoms with van der Waals surface area (Å²) in [5, 5.41) is 11.6. The molecule has 1 saturated carbocycles. The molecule has 0 bridgehead atoms. The molecule has 1 atom stereocenters. The van der Waals surface area contributed by atoms with E-state index in [-0.39, 0.29) is 17.9 Å². The van der Waals surface area contributed by atoms with Gasteiger partial charge < -0.3 is 10.2 Å². The summed E-state index contributed by atoms with van der Waals surface area (Å²) in [6, 6.07) is 8.80. The molecule has 2 fully saturated rings. The van der Waals surface area contributed by atoms with Crippen LogP contribution in [0.1, 0.15) is 35.2 Å². The molecule has 1 aromatic carbocycles. The third-order valence-corrected chi connectivity index (χ3v) is 3.76. The van der Waals surface area contributed by atoms with Crippen LogP contribution in [-0.2, 0) is 4.79 Å². The minimum absolute atomic E-state index is 0.105. The Labute approximate surface area is 117 Å². The first-order chi connectivity index (χ1) is 9.67.